The summed E-state index contributed by atoms with van der Waals surface area (Å²) in [5.74, 6) is -0.0734. The fraction of sp³-hybridized carbons (Fsp3) is 0.182. The van der Waals surface area contributed by atoms with E-state index in [1.165, 1.54) is 36.0 Å². The molecule has 0 aliphatic carbocycles. The van der Waals surface area contributed by atoms with Gasteiger partial charge in [0.2, 0.25) is 5.91 Å². The van der Waals surface area contributed by atoms with Gasteiger partial charge in [-0.15, -0.1) is 9.89 Å². The van der Waals surface area contributed by atoms with Crippen molar-refractivity contribution < 1.29 is 139 Å². The molecule has 0 spiro atoms. The van der Waals surface area contributed by atoms with E-state index in [1.54, 1.807) is 6.07 Å². The number of benzene rings is 2. The fourth-order valence-electron chi connectivity index (χ4n) is 3.74. The molecule has 2 aliphatic rings. The van der Waals surface area contributed by atoms with Crippen molar-refractivity contribution in [2.45, 2.75) is 41.4 Å². The average Bonchev–Trinajstić information content (AvgIpc) is 3.58. The summed E-state index contributed by atoms with van der Waals surface area (Å²) in [4.78, 5) is 27.9. The smallest absolute Gasteiger partial charge is 0.744 e. The number of hydrogen-bond acceptors (Lipinski definition) is 16. The van der Waals surface area contributed by atoms with Crippen molar-refractivity contribution in [3.63, 3.8) is 0 Å². The molecular formula is C22H18N7Na3O11S3. The second-order valence-electron chi connectivity index (χ2n) is 8.65. The minimum absolute atomic E-state index is 0. The molecule has 0 saturated carbocycles. The van der Waals surface area contributed by atoms with E-state index in [0.29, 0.717) is 40.7 Å². The summed E-state index contributed by atoms with van der Waals surface area (Å²) in [6.07, 6.45) is 0.335. The van der Waals surface area contributed by atoms with Crippen LogP contribution in [-0.2, 0) is 45.6 Å². The van der Waals surface area contributed by atoms with E-state index in [4.69, 9.17) is 0 Å². The quantitative estimate of drug-likeness (QED) is 0.0781. The molecule has 0 atom stereocenters. The molecular weight excluding hydrogens is 703 g/mol. The number of anilines is 1. The van der Waals surface area contributed by atoms with Gasteiger partial charge in [0.05, 0.1) is 33.9 Å². The second kappa shape index (κ2) is 18.1. The maximum atomic E-state index is 12.0. The summed E-state index contributed by atoms with van der Waals surface area (Å²) in [5, 5.41) is 28.1. The van der Waals surface area contributed by atoms with Gasteiger partial charge < -0.3 is 19.7 Å². The van der Waals surface area contributed by atoms with E-state index in [0.717, 1.165) is 17.8 Å². The molecule has 0 saturated heterocycles. The van der Waals surface area contributed by atoms with Crippen LogP contribution in [0.3, 0.4) is 0 Å². The minimum Gasteiger partial charge on any atom is -0.744 e. The van der Waals surface area contributed by atoms with Crippen LogP contribution in [0.2, 0.25) is 0 Å². The molecule has 0 radical (unpaired) electrons. The van der Waals surface area contributed by atoms with Gasteiger partial charge in [0.1, 0.15) is 26.1 Å². The van der Waals surface area contributed by atoms with Crippen molar-refractivity contribution in [3.8, 4) is 11.4 Å². The Morgan fingerprint density at radius 3 is 2.28 bits per heavy atom. The number of carbonyl (C=O) groups is 2. The van der Waals surface area contributed by atoms with E-state index < -0.39 is 36.9 Å². The molecule has 0 unspecified atom stereocenters. The van der Waals surface area contributed by atoms with Crippen LogP contribution in [0.5, 0.6) is 0 Å². The first-order chi connectivity index (χ1) is 20.2. The Balaban J connectivity index is 0.000000440. The Morgan fingerprint density at radius 1 is 1.00 bits per heavy atom. The minimum atomic E-state index is -4.92. The van der Waals surface area contributed by atoms with Crippen LogP contribution in [0.1, 0.15) is 26.1 Å². The first-order valence-electron chi connectivity index (χ1n) is 11.6. The molecule has 24 heteroatoms. The Morgan fingerprint density at radius 2 is 1.70 bits per heavy atom. The molecule has 0 fully saturated rings. The largest absolute Gasteiger partial charge is 1.00 e. The van der Waals surface area contributed by atoms with Crippen LogP contribution >= 0.6 is 12.0 Å². The third-order valence-corrected chi connectivity index (χ3v) is 7.68. The molecule has 2 aromatic carbocycles. The molecule has 46 heavy (non-hydrogen) atoms. The van der Waals surface area contributed by atoms with Crippen molar-refractivity contribution in [2.24, 2.45) is 10.2 Å². The zero-order valence-corrected chi connectivity index (χ0v) is 33.3. The van der Waals surface area contributed by atoms with E-state index in [-0.39, 0.29) is 116 Å². The molecule has 5 rings (SSSR count). The van der Waals surface area contributed by atoms with E-state index in [1.807, 2.05) is 6.92 Å². The van der Waals surface area contributed by atoms with Crippen LogP contribution in [-0.4, -0.2) is 64.2 Å². The van der Waals surface area contributed by atoms with Crippen LogP contribution in [0, 0.1) is 0 Å². The summed E-state index contributed by atoms with van der Waals surface area (Å²) < 4.78 is 71.2. The molecule has 1 N–H and O–H groups in total. The second-order valence-corrected chi connectivity index (χ2v) is 12.2. The Kier molecular flexibility index (Phi) is 16.9. The number of rotatable bonds is 7. The average molecular weight is 722 g/mol. The zero-order chi connectivity index (χ0) is 31.5. The van der Waals surface area contributed by atoms with Gasteiger partial charge in [-0.3, -0.25) is 14.6 Å². The molecule has 3 aromatic rings. The predicted octanol–water partition coefficient (Wildman–Crippen LogP) is -9.35. The zero-order valence-electron chi connectivity index (χ0n) is 24.9. The first kappa shape index (κ1) is 42.9. The number of hydrazone groups is 1. The van der Waals surface area contributed by atoms with Gasteiger partial charge in [-0.05, 0) is 37.3 Å². The molecule has 3 heterocycles. The number of carbonyl (C=O) groups excluding carboxylic acids is 2. The number of nitrogens with zero attached hydrogens (tertiary/aromatic N) is 6. The van der Waals surface area contributed by atoms with Gasteiger partial charge in [0, 0.05) is 29.5 Å². The molecule has 228 valence electrons. The Bertz CT molecular complexity index is 1890. The van der Waals surface area contributed by atoms with Gasteiger partial charge in [0.15, 0.2) is 11.6 Å². The van der Waals surface area contributed by atoms with Crippen LogP contribution < -0.4 is 104 Å². The Hall–Kier alpha value is -1.09. The molecule has 2 amide bonds. The van der Waals surface area contributed by atoms with Gasteiger partial charge >= 0.3 is 88.7 Å². The van der Waals surface area contributed by atoms with E-state index >= 15 is 0 Å². The topological polar surface area (TPSA) is 261 Å². The van der Waals surface area contributed by atoms with Crippen molar-refractivity contribution in [1.82, 2.24) is 20.2 Å². The maximum Gasteiger partial charge on any atom is 1.00 e. The monoisotopic (exact) mass is 721 g/mol. The Labute approximate surface area is 332 Å². The fourth-order valence-corrected chi connectivity index (χ4v) is 5.28. The number of nitrogens with one attached hydrogen (secondary N) is 1. The summed E-state index contributed by atoms with van der Waals surface area (Å²) in [6.45, 7) is 3.08. The summed E-state index contributed by atoms with van der Waals surface area (Å²) >= 11 is 0.438. The molecule has 2 aliphatic heterocycles. The third-order valence-electron chi connectivity index (χ3n) is 5.40. The number of amides is 2. The van der Waals surface area contributed by atoms with Crippen molar-refractivity contribution >= 4 is 61.3 Å². The third kappa shape index (κ3) is 11.2. The first-order valence-corrected chi connectivity index (χ1v) is 15.2. The maximum absolute atomic E-state index is 12.0. The van der Waals surface area contributed by atoms with Crippen molar-refractivity contribution in [2.75, 3.05) is 5.01 Å². The SMILES string of the molecule is CC(=O)NC1=NN(c2cc(SOO[O-])ccc2S(=O)(=O)[O-])C(=O)C1.CC1=Nn2nc(-c3cccc(S(=O)(=O)[O-])c3)nc2C1.[Na+].[Na+].[Na+]. The predicted molar refractivity (Wildman–Crippen MR) is 141 cm³/mol. The van der Waals surface area contributed by atoms with Crippen LogP contribution in [0.4, 0.5) is 5.69 Å². The summed E-state index contributed by atoms with van der Waals surface area (Å²) in [7, 11) is -9.39. The normalized spacial score (nSPS) is 13.6. The van der Waals surface area contributed by atoms with E-state index in [9.17, 15) is 40.8 Å². The van der Waals surface area contributed by atoms with Crippen molar-refractivity contribution in [1.29, 1.82) is 0 Å². The van der Waals surface area contributed by atoms with E-state index in [2.05, 4.69) is 35.0 Å². The standard InChI is InChI=1S/C11H10N4O3S.C11H11N3O8S2.3Na/c1-7-5-10-12-11(14-15(10)13-7)8-3-2-4-9(6-8)19(16,17)18;1-6(15)12-10-5-11(16)14(13-10)8-4-7(23-22-21-17)2-3-9(8)24(18,19)20;;;/h2-4,6H,5H2,1H3,(H,16,17,18);2-4,17H,5H2,1H3,(H,12,13,15)(H,18,19,20);;;/q;;3*+1/p-3. The van der Waals surface area contributed by atoms with Gasteiger partial charge in [-0.1, -0.05) is 12.1 Å². The number of fused-ring (bicyclic) bond motifs is 1. The number of amidine groups is 1. The number of hydrogen-bond donors (Lipinski definition) is 1. The van der Waals surface area contributed by atoms with Gasteiger partial charge in [-0.25, -0.2) is 21.8 Å². The summed E-state index contributed by atoms with van der Waals surface area (Å²) in [5.41, 5.74) is 1.05. The van der Waals surface area contributed by atoms with Crippen LogP contribution in [0.15, 0.2) is 67.4 Å². The van der Waals surface area contributed by atoms with Gasteiger partial charge in [-0.2, -0.15) is 19.5 Å². The molecule has 0 bridgehead atoms. The molecule has 1 aromatic heterocycles. The number of aromatic nitrogens is 3. The summed E-state index contributed by atoms with van der Waals surface area (Å²) in [6, 6.07) is 8.87. The van der Waals surface area contributed by atoms with Crippen LogP contribution in [0.25, 0.3) is 11.4 Å². The van der Waals surface area contributed by atoms with Crippen molar-refractivity contribution in [3.05, 3.63) is 48.3 Å². The van der Waals surface area contributed by atoms with Gasteiger partial charge in [0.25, 0.3) is 5.91 Å². The molecule has 18 nitrogen and oxygen atoms in total.